The van der Waals surface area contributed by atoms with Crippen LogP contribution in [0.5, 0.6) is 0 Å². The molecule has 6 heteroatoms. The highest BCUT2D eigenvalue weighted by atomic mass is 16.1. The molecule has 0 aliphatic carbocycles. The van der Waals surface area contributed by atoms with Gasteiger partial charge in [-0.3, -0.25) is 9.36 Å². The summed E-state index contributed by atoms with van der Waals surface area (Å²) in [6.07, 6.45) is 0. The van der Waals surface area contributed by atoms with Crippen LogP contribution in [0.1, 0.15) is 5.69 Å². The molecule has 0 spiro atoms. The van der Waals surface area contributed by atoms with Crippen LogP contribution in [0.4, 0.5) is 5.95 Å². The lowest BCUT2D eigenvalue weighted by Gasteiger charge is -2.04. The number of aromatic nitrogens is 4. The lowest BCUT2D eigenvalue weighted by molar-refractivity contribution is 0.776. The molecule has 78 valence electrons. The second kappa shape index (κ2) is 2.59. The predicted molar refractivity (Wildman–Crippen MR) is 55.3 cm³/mol. The molecule has 0 aromatic carbocycles. The number of hydrogen-bond acceptors (Lipinski definition) is 4. The van der Waals surface area contributed by atoms with Crippen LogP contribution in [0.15, 0.2) is 10.9 Å². The zero-order chi connectivity index (χ0) is 10.6. The minimum atomic E-state index is -0.118. The fraction of sp³-hybridized carbons (Fsp3) is 0.444. The van der Waals surface area contributed by atoms with Crippen molar-refractivity contribution in [1.82, 2.24) is 19.2 Å². The maximum atomic E-state index is 11.6. The van der Waals surface area contributed by atoms with Gasteiger partial charge in [-0.05, 0) is 6.92 Å². The van der Waals surface area contributed by atoms with E-state index in [0.29, 0.717) is 5.78 Å². The number of fused-ring (bicyclic) bond motifs is 3. The molecule has 0 N–H and O–H groups in total. The van der Waals surface area contributed by atoms with Gasteiger partial charge < -0.3 is 4.90 Å². The summed E-state index contributed by atoms with van der Waals surface area (Å²) in [4.78, 5) is 18.0. The fourth-order valence-corrected chi connectivity index (χ4v) is 1.91. The van der Waals surface area contributed by atoms with Gasteiger partial charge in [-0.1, -0.05) is 0 Å². The zero-order valence-electron chi connectivity index (χ0n) is 8.64. The highest BCUT2D eigenvalue weighted by molar-refractivity contribution is 5.44. The summed E-state index contributed by atoms with van der Waals surface area (Å²) in [5, 5.41) is 4.25. The summed E-state index contributed by atoms with van der Waals surface area (Å²) in [7, 11) is 1.96. The van der Waals surface area contributed by atoms with Crippen molar-refractivity contribution in [3.63, 3.8) is 0 Å². The van der Waals surface area contributed by atoms with E-state index in [0.717, 1.165) is 24.7 Å². The number of rotatable bonds is 0. The Morgan fingerprint density at radius 3 is 3.00 bits per heavy atom. The number of hydrogen-bond donors (Lipinski definition) is 0. The molecule has 3 rings (SSSR count). The van der Waals surface area contributed by atoms with Crippen molar-refractivity contribution in [2.45, 2.75) is 13.5 Å². The largest absolute Gasteiger partial charge is 0.342 e. The molecule has 3 heterocycles. The molecule has 0 atom stereocenters. The van der Waals surface area contributed by atoms with Crippen LogP contribution in [0.2, 0.25) is 0 Å². The third-order valence-electron chi connectivity index (χ3n) is 2.68. The minimum absolute atomic E-state index is 0.118. The molecule has 0 unspecified atom stereocenters. The monoisotopic (exact) mass is 205 g/mol. The highest BCUT2D eigenvalue weighted by Crippen LogP contribution is 2.18. The highest BCUT2D eigenvalue weighted by Gasteiger charge is 2.22. The van der Waals surface area contributed by atoms with Crippen molar-refractivity contribution in [3.05, 3.63) is 22.1 Å². The Hall–Kier alpha value is -1.85. The van der Waals surface area contributed by atoms with Gasteiger partial charge in [0, 0.05) is 31.9 Å². The lowest BCUT2D eigenvalue weighted by atomic mass is 10.4. The van der Waals surface area contributed by atoms with E-state index in [9.17, 15) is 4.79 Å². The van der Waals surface area contributed by atoms with E-state index in [4.69, 9.17) is 0 Å². The molecule has 1 aliphatic heterocycles. The Morgan fingerprint density at radius 1 is 1.40 bits per heavy atom. The normalized spacial score (nSPS) is 14.9. The van der Waals surface area contributed by atoms with Crippen molar-refractivity contribution in [2.75, 3.05) is 18.5 Å². The van der Waals surface area contributed by atoms with Gasteiger partial charge in [0.1, 0.15) is 0 Å². The van der Waals surface area contributed by atoms with E-state index in [2.05, 4.69) is 10.1 Å². The average molecular weight is 205 g/mol. The average Bonchev–Trinajstić information content (AvgIpc) is 2.68. The Kier molecular flexibility index (Phi) is 1.46. The van der Waals surface area contributed by atoms with Crippen LogP contribution < -0.4 is 10.5 Å². The summed E-state index contributed by atoms with van der Waals surface area (Å²) in [5.41, 5.74) is 0.616. The third-order valence-corrected chi connectivity index (χ3v) is 2.68. The van der Waals surface area contributed by atoms with Crippen LogP contribution in [0, 0.1) is 6.92 Å². The fourth-order valence-electron chi connectivity index (χ4n) is 1.91. The first-order valence-corrected chi connectivity index (χ1v) is 4.85. The van der Waals surface area contributed by atoms with Crippen LogP contribution in [0.25, 0.3) is 5.78 Å². The van der Waals surface area contributed by atoms with Crippen molar-refractivity contribution in [1.29, 1.82) is 0 Å². The first-order valence-electron chi connectivity index (χ1n) is 4.85. The lowest BCUT2D eigenvalue weighted by Crippen LogP contribution is -2.19. The van der Waals surface area contributed by atoms with Crippen LogP contribution in [0.3, 0.4) is 0 Å². The van der Waals surface area contributed by atoms with Gasteiger partial charge in [0.2, 0.25) is 11.7 Å². The molecule has 0 saturated heterocycles. The van der Waals surface area contributed by atoms with Gasteiger partial charge in [0.15, 0.2) is 0 Å². The maximum absolute atomic E-state index is 11.6. The molecule has 6 nitrogen and oxygen atoms in total. The minimum Gasteiger partial charge on any atom is -0.342 e. The molecule has 1 aliphatic rings. The van der Waals surface area contributed by atoms with Gasteiger partial charge in [-0.15, -0.1) is 5.10 Å². The van der Waals surface area contributed by atoms with Crippen molar-refractivity contribution in [2.24, 2.45) is 0 Å². The second-order valence-corrected chi connectivity index (χ2v) is 3.82. The van der Waals surface area contributed by atoms with Gasteiger partial charge in [0.05, 0.1) is 0 Å². The van der Waals surface area contributed by atoms with Crippen molar-refractivity contribution >= 4 is 11.7 Å². The van der Waals surface area contributed by atoms with Gasteiger partial charge in [0.25, 0.3) is 5.56 Å². The summed E-state index contributed by atoms with van der Waals surface area (Å²) in [5.74, 6) is 1.45. The SMILES string of the molecule is Cc1cc(=O)n2nc3n(c2n1)CCN3C. The van der Waals surface area contributed by atoms with E-state index in [1.165, 1.54) is 10.6 Å². The van der Waals surface area contributed by atoms with Crippen molar-refractivity contribution < 1.29 is 0 Å². The van der Waals surface area contributed by atoms with E-state index in [1.54, 1.807) is 0 Å². The van der Waals surface area contributed by atoms with Gasteiger partial charge in [-0.2, -0.15) is 4.52 Å². The number of nitrogens with zero attached hydrogens (tertiary/aromatic N) is 5. The molecule has 2 aromatic heterocycles. The first-order chi connectivity index (χ1) is 7.16. The van der Waals surface area contributed by atoms with Crippen LogP contribution in [-0.4, -0.2) is 32.8 Å². The maximum Gasteiger partial charge on any atom is 0.276 e. The van der Waals surface area contributed by atoms with Crippen LogP contribution in [-0.2, 0) is 6.54 Å². The van der Waals surface area contributed by atoms with E-state index in [-0.39, 0.29) is 5.56 Å². The topological polar surface area (TPSA) is 55.4 Å². The molecule has 0 radical (unpaired) electrons. The quantitative estimate of drug-likeness (QED) is 0.590. The van der Waals surface area contributed by atoms with Gasteiger partial charge in [-0.25, -0.2) is 4.98 Å². The zero-order valence-corrected chi connectivity index (χ0v) is 8.64. The first kappa shape index (κ1) is 8.46. The Morgan fingerprint density at radius 2 is 2.20 bits per heavy atom. The Balaban J connectivity index is 2.45. The summed E-state index contributed by atoms with van der Waals surface area (Å²) in [6, 6.07) is 1.50. The molecule has 0 saturated carbocycles. The molecule has 0 fully saturated rings. The molecule has 0 bridgehead atoms. The van der Waals surface area contributed by atoms with Gasteiger partial charge >= 0.3 is 0 Å². The van der Waals surface area contributed by atoms with E-state index < -0.39 is 0 Å². The predicted octanol–water partition coefficient (Wildman–Crippen LogP) is -0.351. The summed E-state index contributed by atoms with van der Waals surface area (Å²) in [6.45, 7) is 3.58. The summed E-state index contributed by atoms with van der Waals surface area (Å²) >= 11 is 0. The van der Waals surface area contributed by atoms with E-state index >= 15 is 0 Å². The molecular weight excluding hydrogens is 194 g/mol. The molecular formula is C9H11N5O. The third kappa shape index (κ3) is 1.01. The standard InChI is InChI=1S/C9H11N5O/c1-6-5-7(15)14-8(10-6)13-4-3-12(2)9(13)11-14/h5H,3-4H2,1-2H3. The molecule has 15 heavy (non-hydrogen) atoms. The van der Waals surface area contributed by atoms with E-state index in [1.807, 2.05) is 23.4 Å². The number of aryl methyl sites for hydroxylation is 1. The molecule has 2 aromatic rings. The number of likely N-dealkylation sites (N-methyl/N-ethyl adjacent to an activating group) is 1. The Bertz CT molecular complexity index is 596. The molecule has 0 amide bonds. The second-order valence-electron chi connectivity index (χ2n) is 3.82. The Labute approximate surface area is 85.8 Å². The van der Waals surface area contributed by atoms with Crippen molar-refractivity contribution in [3.8, 4) is 0 Å². The smallest absolute Gasteiger partial charge is 0.276 e. The number of anilines is 1. The summed E-state index contributed by atoms with van der Waals surface area (Å²) < 4.78 is 3.33. The van der Waals surface area contributed by atoms with Crippen LogP contribution >= 0.6 is 0 Å².